The van der Waals surface area contributed by atoms with Gasteiger partial charge in [-0.1, -0.05) is 33.1 Å². The average molecular weight is 423 g/mol. The highest BCUT2D eigenvalue weighted by atomic mass is 16.5. The van der Waals surface area contributed by atoms with Crippen molar-refractivity contribution in [2.75, 3.05) is 79.7 Å². The molecule has 7 nitrogen and oxygen atoms in total. The van der Waals surface area contributed by atoms with Crippen molar-refractivity contribution in [1.82, 2.24) is 25.3 Å². The van der Waals surface area contributed by atoms with Gasteiger partial charge in [-0.25, -0.2) is 0 Å². The van der Waals surface area contributed by atoms with Crippen molar-refractivity contribution >= 4 is 5.96 Å². The van der Waals surface area contributed by atoms with Gasteiger partial charge in [-0.15, -0.1) is 0 Å². The molecule has 2 aliphatic heterocycles. The monoisotopic (exact) mass is 422 g/mol. The molecule has 0 aromatic rings. The highest BCUT2D eigenvalue weighted by molar-refractivity contribution is 5.79. The molecule has 3 fully saturated rings. The summed E-state index contributed by atoms with van der Waals surface area (Å²) in [6.07, 6.45) is 6.62. The Hall–Kier alpha value is -0.890. The van der Waals surface area contributed by atoms with Gasteiger partial charge in [0.1, 0.15) is 0 Å². The minimum Gasteiger partial charge on any atom is -0.379 e. The number of ether oxygens (including phenoxy) is 1. The van der Waals surface area contributed by atoms with Crippen molar-refractivity contribution in [3.63, 3.8) is 0 Å². The minimum atomic E-state index is 0.258. The summed E-state index contributed by atoms with van der Waals surface area (Å²) in [6, 6.07) is 0.542. The van der Waals surface area contributed by atoms with E-state index in [2.05, 4.69) is 51.2 Å². The predicted molar refractivity (Wildman–Crippen MR) is 125 cm³/mol. The Balaban J connectivity index is 1.54. The van der Waals surface area contributed by atoms with Crippen LogP contribution in [0.2, 0.25) is 0 Å². The maximum absolute atomic E-state index is 5.63. The van der Waals surface area contributed by atoms with Crippen LogP contribution >= 0.6 is 0 Å². The molecule has 3 rings (SSSR count). The number of nitrogens with one attached hydrogen (secondary N) is 2. The molecule has 0 amide bonds. The third-order valence-corrected chi connectivity index (χ3v) is 7.53. The summed E-state index contributed by atoms with van der Waals surface area (Å²) < 4.78 is 5.63. The van der Waals surface area contributed by atoms with Crippen molar-refractivity contribution in [2.45, 2.75) is 57.5 Å². The Bertz CT molecular complexity index is 520. The molecule has 2 heterocycles. The maximum Gasteiger partial charge on any atom is 0.191 e. The van der Waals surface area contributed by atoms with Gasteiger partial charge in [0.2, 0.25) is 0 Å². The summed E-state index contributed by atoms with van der Waals surface area (Å²) in [5.41, 5.74) is 0.258. The van der Waals surface area contributed by atoms with E-state index in [1.54, 1.807) is 0 Å². The number of piperazine rings is 1. The first-order valence-electron chi connectivity index (χ1n) is 12.2. The van der Waals surface area contributed by atoms with Gasteiger partial charge in [0.15, 0.2) is 5.96 Å². The van der Waals surface area contributed by atoms with Gasteiger partial charge in [0.25, 0.3) is 0 Å². The van der Waals surface area contributed by atoms with Gasteiger partial charge in [-0.3, -0.25) is 14.8 Å². The van der Waals surface area contributed by atoms with Crippen LogP contribution in [0.3, 0.4) is 0 Å². The van der Waals surface area contributed by atoms with E-state index in [1.165, 1.54) is 32.1 Å². The quantitative estimate of drug-likeness (QED) is 0.479. The Labute approximate surface area is 184 Å². The molecule has 1 atom stereocenters. The third kappa shape index (κ3) is 6.31. The van der Waals surface area contributed by atoms with E-state index in [4.69, 9.17) is 4.74 Å². The van der Waals surface area contributed by atoms with Crippen molar-refractivity contribution in [2.24, 2.45) is 10.9 Å². The van der Waals surface area contributed by atoms with E-state index < -0.39 is 0 Å². The number of aliphatic imine (C=N–C) groups is 1. The van der Waals surface area contributed by atoms with E-state index in [0.717, 1.165) is 71.5 Å². The zero-order valence-electron chi connectivity index (χ0n) is 20.0. The molecule has 0 radical (unpaired) electrons. The van der Waals surface area contributed by atoms with Gasteiger partial charge >= 0.3 is 0 Å². The van der Waals surface area contributed by atoms with Crippen LogP contribution in [0.4, 0.5) is 0 Å². The number of likely N-dealkylation sites (N-methyl/N-ethyl adjacent to an activating group) is 1. The van der Waals surface area contributed by atoms with Crippen molar-refractivity contribution < 1.29 is 4.74 Å². The number of hydrogen-bond acceptors (Lipinski definition) is 5. The van der Waals surface area contributed by atoms with Crippen LogP contribution in [0.25, 0.3) is 0 Å². The second-order valence-corrected chi connectivity index (χ2v) is 9.84. The number of rotatable bonds is 7. The first-order valence-corrected chi connectivity index (χ1v) is 12.2. The van der Waals surface area contributed by atoms with Crippen molar-refractivity contribution in [1.29, 1.82) is 0 Å². The molecule has 1 saturated carbocycles. The first kappa shape index (κ1) is 23.8. The molecule has 0 spiro atoms. The molecule has 30 heavy (non-hydrogen) atoms. The fourth-order valence-corrected chi connectivity index (χ4v) is 5.46. The summed E-state index contributed by atoms with van der Waals surface area (Å²) in [4.78, 5) is 12.3. The van der Waals surface area contributed by atoms with E-state index >= 15 is 0 Å². The Morgan fingerprint density at radius 3 is 2.23 bits per heavy atom. The Morgan fingerprint density at radius 2 is 1.63 bits per heavy atom. The molecule has 3 aliphatic rings. The van der Waals surface area contributed by atoms with E-state index in [1.807, 2.05) is 7.05 Å². The first-order chi connectivity index (χ1) is 14.5. The maximum atomic E-state index is 5.63. The zero-order valence-corrected chi connectivity index (χ0v) is 20.0. The highest BCUT2D eigenvalue weighted by Crippen LogP contribution is 2.33. The van der Waals surface area contributed by atoms with Crippen LogP contribution < -0.4 is 10.6 Å². The van der Waals surface area contributed by atoms with E-state index in [-0.39, 0.29) is 5.54 Å². The molecular weight excluding hydrogens is 376 g/mol. The summed E-state index contributed by atoms with van der Waals surface area (Å²) in [6.45, 7) is 15.1. The molecule has 0 aromatic carbocycles. The topological polar surface area (TPSA) is 55.4 Å². The zero-order chi connectivity index (χ0) is 21.4. The molecule has 7 heteroatoms. The SMILES string of the molecule is CN=C(NCC(C(C)C)N1CCN(C)CC1)NCC1(N2CCOCC2)CCCCC1. The molecule has 1 unspecified atom stereocenters. The number of guanidine groups is 1. The Kier molecular flexibility index (Phi) is 9.23. The smallest absolute Gasteiger partial charge is 0.191 e. The summed E-state index contributed by atoms with van der Waals surface area (Å²) in [7, 11) is 4.12. The lowest BCUT2D eigenvalue weighted by Gasteiger charge is -2.48. The summed E-state index contributed by atoms with van der Waals surface area (Å²) in [5.74, 6) is 1.57. The fourth-order valence-electron chi connectivity index (χ4n) is 5.46. The van der Waals surface area contributed by atoms with Gasteiger partial charge in [0, 0.05) is 71.0 Å². The van der Waals surface area contributed by atoms with E-state index in [9.17, 15) is 0 Å². The lowest BCUT2D eigenvalue weighted by molar-refractivity contribution is -0.0352. The van der Waals surface area contributed by atoms with Gasteiger partial charge < -0.3 is 20.3 Å². The second-order valence-electron chi connectivity index (χ2n) is 9.84. The van der Waals surface area contributed by atoms with Crippen LogP contribution in [-0.2, 0) is 4.74 Å². The molecule has 2 saturated heterocycles. The number of nitrogens with zero attached hydrogens (tertiary/aromatic N) is 4. The average Bonchev–Trinajstić information content (AvgIpc) is 2.78. The highest BCUT2D eigenvalue weighted by Gasteiger charge is 2.38. The normalized spacial score (nSPS) is 26.0. The largest absolute Gasteiger partial charge is 0.379 e. The third-order valence-electron chi connectivity index (χ3n) is 7.53. The van der Waals surface area contributed by atoms with Crippen LogP contribution in [0.1, 0.15) is 46.0 Å². The van der Waals surface area contributed by atoms with Crippen molar-refractivity contribution in [3.8, 4) is 0 Å². The molecular formula is C23H46N6O. The molecule has 0 aromatic heterocycles. The fraction of sp³-hybridized carbons (Fsp3) is 0.957. The standard InChI is InChI=1S/C23H46N6O/c1-20(2)21(28-12-10-27(4)11-13-28)18-25-22(24-3)26-19-23(8-6-5-7-9-23)29-14-16-30-17-15-29/h20-21H,5-19H2,1-4H3,(H2,24,25,26). The molecule has 1 aliphatic carbocycles. The van der Waals surface area contributed by atoms with Crippen molar-refractivity contribution in [3.05, 3.63) is 0 Å². The van der Waals surface area contributed by atoms with Crippen LogP contribution in [0, 0.1) is 5.92 Å². The number of morpholine rings is 1. The van der Waals surface area contributed by atoms with Crippen LogP contribution in [-0.4, -0.2) is 112 Å². The van der Waals surface area contributed by atoms with Gasteiger partial charge in [-0.05, 0) is 25.8 Å². The predicted octanol–water partition coefficient (Wildman–Crippen LogP) is 1.46. The van der Waals surface area contributed by atoms with Gasteiger partial charge in [-0.2, -0.15) is 0 Å². The summed E-state index contributed by atoms with van der Waals surface area (Å²) >= 11 is 0. The number of hydrogen-bond donors (Lipinski definition) is 2. The molecule has 2 N–H and O–H groups in total. The summed E-state index contributed by atoms with van der Waals surface area (Å²) in [5, 5.41) is 7.37. The lowest BCUT2D eigenvalue weighted by atomic mass is 9.80. The lowest BCUT2D eigenvalue weighted by Crippen LogP contribution is -2.61. The van der Waals surface area contributed by atoms with Crippen LogP contribution in [0.15, 0.2) is 4.99 Å². The van der Waals surface area contributed by atoms with Gasteiger partial charge in [0.05, 0.1) is 13.2 Å². The minimum absolute atomic E-state index is 0.258. The van der Waals surface area contributed by atoms with E-state index in [0.29, 0.717) is 12.0 Å². The molecule has 174 valence electrons. The molecule has 0 bridgehead atoms. The Morgan fingerprint density at radius 1 is 0.967 bits per heavy atom. The van der Waals surface area contributed by atoms with Crippen LogP contribution in [0.5, 0.6) is 0 Å². The second kappa shape index (κ2) is 11.7.